The van der Waals surface area contributed by atoms with Crippen LogP contribution in [-0.4, -0.2) is 72.5 Å². The van der Waals surface area contributed by atoms with Gasteiger partial charge in [-0.15, -0.1) is 0 Å². The Bertz CT molecular complexity index is 1900. The van der Waals surface area contributed by atoms with Gasteiger partial charge in [0, 0.05) is 66.4 Å². The van der Waals surface area contributed by atoms with Gasteiger partial charge in [-0.1, -0.05) is 42.0 Å². The van der Waals surface area contributed by atoms with Crippen molar-refractivity contribution in [2.24, 2.45) is 5.41 Å². The summed E-state index contributed by atoms with van der Waals surface area (Å²) < 4.78 is 34.2. The summed E-state index contributed by atoms with van der Waals surface area (Å²) in [6, 6.07) is 21.2. The second-order valence-electron chi connectivity index (χ2n) is 12.5. The lowest BCUT2D eigenvalue weighted by atomic mass is 9.72. The predicted molar refractivity (Wildman–Crippen MR) is 173 cm³/mol. The van der Waals surface area contributed by atoms with Gasteiger partial charge in [0.1, 0.15) is 0 Å². The van der Waals surface area contributed by atoms with Crippen molar-refractivity contribution in [1.29, 1.82) is 0 Å². The van der Waals surface area contributed by atoms with Crippen LogP contribution in [0.4, 0.5) is 0 Å². The van der Waals surface area contributed by atoms with Crippen molar-refractivity contribution in [2.45, 2.75) is 31.2 Å². The van der Waals surface area contributed by atoms with E-state index in [0.717, 1.165) is 52.8 Å². The molecule has 9 heteroatoms. The second kappa shape index (κ2) is 11.1. The van der Waals surface area contributed by atoms with Crippen LogP contribution in [-0.2, 0) is 16.6 Å². The molecule has 5 aromatic rings. The molecule has 5 heterocycles. The van der Waals surface area contributed by atoms with E-state index in [0.29, 0.717) is 16.9 Å². The zero-order chi connectivity index (χ0) is 30.5. The third-order valence-electron chi connectivity index (χ3n) is 9.27. The Morgan fingerprint density at radius 2 is 1.55 bits per heavy atom. The molecule has 0 amide bonds. The summed E-state index contributed by atoms with van der Waals surface area (Å²) in [5, 5.41) is 0.734. The average molecular weight is 608 g/mol. The molecule has 2 aliphatic rings. The average Bonchev–Trinajstić information content (AvgIpc) is 3.42. The van der Waals surface area contributed by atoms with Gasteiger partial charge < -0.3 is 9.64 Å². The number of aromatic nitrogens is 3. The molecule has 2 aliphatic heterocycles. The van der Waals surface area contributed by atoms with Crippen molar-refractivity contribution >= 4 is 21.1 Å². The maximum absolute atomic E-state index is 13.8. The number of methoxy groups -OCH3 is 1. The lowest BCUT2D eigenvalue weighted by molar-refractivity contribution is -0.0329. The molecule has 2 saturated heterocycles. The minimum Gasteiger partial charge on any atom is -0.481 e. The van der Waals surface area contributed by atoms with E-state index in [1.165, 1.54) is 35.5 Å². The molecule has 2 aromatic carbocycles. The van der Waals surface area contributed by atoms with Crippen LogP contribution in [0.5, 0.6) is 5.88 Å². The van der Waals surface area contributed by atoms with Crippen molar-refractivity contribution in [2.75, 3.05) is 40.3 Å². The van der Waals surface area contributed by atoms with Crippen LogP contribution >= 0.6 is 0 Å². The molecule has 0 aliphatic carbocycles. The normalized spacial score (nSPS) is 17.2. The molecule has 0 atom stereocenters. The van der Waals surface area contributed by atoms with Crippen LogP contribution in [0.1, 0.15) is 24.0 Å². The molecule has 7 rings (SSSR count). The van der Waals surface area contributed by atoms with Gasteiger partial charge in [-0.05, 0) is 80.7 Å². The van der Waals surface area contributed by atoms with E-state index >= 15 is 0 Å². The Morgan fingerprint density at radius 3 is 2.18 bits per heavy atom. The van der Waals surface area contributed by atoms with E-state index in [-0.39, 0.29) is 4.90 Å². The highest BCUT2D eigenvalue weighted by molar-refractivity contribution is 7.90. The van der Waals surface area contributed by atoms with E-state index in [9.17, 15) is 8.42 Å². The van der Waals surface area contributed by atoms with Crippen molar-refractivity contribution in [3.8, 4) is 28.1 Å². The molecule has 2 fully saturated rings. The van der Waals surface area contributed by atoms with Gasteiger partial charge in [-0.3, -0.25) is 4.90 Å². The molecular formula is C35H37N5O3S. The number of fused-ring (bicyclic) bond motifs is 1. The van der Waals surface area contributed by atoms with Crippen LogP contribution in [0.3, 0.4) is 0 Å². The Hall–Kier alpha value is -4.05. The van der Waals surface area contributed by atoms with Crippen LogP contribution in [0, 0.1) is 12.3 Å². The molecule has 44 heavy (non-hydrogen) atoms. The number of hydrogen-bond acceptors (Lipinski definition) is 7. The highest BCUT2D eigenvalue weighted by atomic mass is 32.2. The van der Waals surface area contributed by atoms with Crippen molar-refractivity contribution in [3.05, 3.63) is 96.4 Å². The summed E-state index contributed by atoms with van der Waals surface area (Å²) in [5.74, 6) is 0.489. The molecule has 226 valence electrons. The molecule has 0 saturated carbocycles. The number of pyridine rings is 2. The standard InChI is InChI=1S/C35H37N5O3S/c1-25-4-11-30(12-5-25)44(41,42)40-22-32(28-10-13-33(43-3)36-19-28)31-18-29(20-37-34(31)40)27-8-6-26(7-9-27)21-39-16-14-35(15-17-39)23-38(2)24-35/h4-13,18-20,22H,14-17,21,23-24H2,1-3H3. The Kier molecular flexibility index (Phi) is 7.27. The van der Waals surface area contributed by atoms with Crippen molar-refractivity contribution in [1.82, 2.24) is 23.7 Å². The molecule has 8 nitrogen and oxygen atoms in total. The fourth-order valence-corrected chi connectivity index (χ4v) is 8.12. The lowest BCUT2D eigenvalue weighted by Crippen LogP contribution is -2.58. The van der Waals surface area contributed by atoms with E-state index in [1.54, 1.807) is 56.0 Å². The minimum absolute atomic E-state index is 0.213. The Balaban J connectivity index is 1.20. The number of piperidine rings is 1. The molecule has 0 bridgehead atoms. The maximum Gasteiger partial charge on any atom is 0.269 e. The number of ether oxygens (including phenoxy) is 1. The van der Waals surface area contributed by atoms with Crippen LogP contribution in [0.15, 0.2) is 90.2 Å². The van der Waals surface area contributed by atoms with Crippen LogP contribution in [0.25, 0.3) is 33.3 Å². The summed E-state index contributed by atoms with van der Waals surface area (Å²) in [4.78, 5) is 14.3. The van der Waals surface area contributed by atoms with Gasteiger partial charge in [0.05, 0.1) is 12.0 Å². The quantitative estimate of drug-likeness (QED) is 0.230. The molecule has 0 radical (unpaired) electrons. The number of benzene rings is 2. The van der Waals surface area contributed by atoms with E-state index in [1.807, 2.05) is 19.1 Å². The highest BCUT2D eigenvalue weighted by Gasteiger charge is 2.42. The lowest BCUT2D eigenvalue weighted by Gasteiger charge is -2.53. The first-order valence-corrected chi connectivity index (χ1v) is 16.5. The molecule has 3 aromatic heterocycles. The van der Waals surface area contributed by atoms with Crippen LogP contribution < -0.4 is 4.74 Å². The first-order chi connectivity index (χ1) is 21.2. The van der Waals surface area contributed by atoms with Gasteiger partial charge in [0.25, 0.3) is 10.0 Å². The molecular weight excluding hydrogens is 570 g/mol. The van der Waals surface area contributed by atoms with E-state index < -0.39 is 10.0 Å². The summed E-state index contributed by atoms with van der Waals surface area (Å²) in [6.45, 7) is 7.68. The van der Waals surface area contributed by atoms with Gasteiger partial charge in [0.15, 0.2) is 5.65 Å². The molecule has 0 N–H and O–H groups in total. The summed E-state index contributed by atoms with van der Waals surface area (Å²) in [5.41, 5.74) is 6.68. The smallest absolute Gasteiger partial charge is 0.269 e. The van der Waals surface area contributed by atoms with Crippen LogP contribution in [0.2, 0.25) is 0 Å². The highest BCUT2D eigenvalue weighted by Crippen LogP contribution is 2.40. The SMILES string of the molecule is COc1ccc(-c2cn(S(=O)(=O)c3ccc(C)cc3)c3ncc(-c4ccc(CN5CCC6(CC5)CN(C)C6)cc4)cc23)cn1. The van der Waals surface area contributed by atoms with Gasteiger partial charge in [0.2, 0.25) is 5.88 Å². The zero-order valence-corrected chi connectivity index (χ0v) is 26.2. The van der Waals surface area contributed by atoms with Crippen molar-refractivity contribution < 1.29 is 13.2 Å². The van der Waals surface area contributed by atoms with E-state index in [4.69, 9.17) is 9.72 Å². The van der Waals surface area contributed by atoms with Gasteiger partial charge in [-0.2, -0.15) is 0 Å². The fraction of sp³-hybridized carbons (Fsp3) is 0.314. The summed E-state index contributed by atoms with van der Waals surface area (Å²) in [6.07, 6.45) is 7.67. The largest absolute Gasteiger partial charge is 0.481 e. The number of nitrogens with zero attached hydrogens (tertiary/aromatic N) is 5. The monoisotopic (exact) mass is 607 g/mol. The second-order valence-corrected chi connectivity index (χ2v) is 14.3. The van der Waals surface area contributed by atoms with E-state index in [2.05, 4.69) is 46.1 Å². The topological polar surface area (TPSA) is 80.6 Å². The van der Waals surface area contributed by atoms with Gasteiger partial charge in [-0.25, -0.2) is 22.4 Å². The number of rotatable bonds is 7. The summed E-state index contributed by atoms with van der Waals surface area (Å²) >= 11 is 0. The van der Waals surface area contributed by atoms with Crippen molar-refractivity contribution in [3.63, 3.8) is 0 Å². The third-order valence-corrected chi connectivity index (χ3v) is 10.9. The first kappa shape index (κ1) is 28.7. The summed E-state index contributed by atoms with van der Waals surface area (Å²) in [7, 11) is -0.102. The maximum atomic E-state index is 13.8. The molecule has 1 spiro atoms. The first-order valence-electron chi connectivity index (χ1n) is 15.1. The predicted octanol–water partition coefficient (Wildman–Crippen LogP) is 5.85. The minimum atomic E-state index is -3.89. The fourth-order valence-electron chi connectivity index (χ4n) is 6.80. The number of likely N-dealkylation sites (tertiary alicyclic amines) is 2. The van der Waals surface area contributed by atoms with Gasteiger partial charge >= 0.3 is 0 Å². The number of hydrogen-bond donors (Lipinski definition) is 0. The number of aryl methyl sites for hydroxylation is 1. The third kappa shape index (κ3) is 5.29. The Morgan fingerprint density at radius 1 is 0.864 bits per heavy atom. The Labute approximate surface area is 259 Å². The zero-order valence-electron chi connectivity index (χ0n) is 25.4. The molecule has 0 unspecified atom stereocenters.